The van der Waals surface area contributed by atoms with Crippen molar-refractivity contribution in [1.82, 2.24) is 4.98 Å². The van der Waals surface area contributed by atoms with E-state index in [9.17, 15) is 13.2 Å². The molecule has 1 aromatic heterocycles. The molecule has 0 amide bonds. The molecule has 0 radical (unpaired) electrons. The average molecular weight is 308 g/mol. The Balaban J connectivity index is 1.91. The summed E-state index contributed by atoms with van der Waals surface area (Å²) in [5, 5.41) is 0. The van der Waals surface area contributed by atoms with Crippen molar-refractivity contribution in [2.24, 2.45) is 0 Å². The van der Waals surface area contributed by atoms with Gasteiger partial charge in [-0.2, -0.15) is 0 Å². The highest BCUT2D eigenvalue weighted by Gasteiger charge is 2.19. The maximum Gasteiger partial charge on any atom is 0.354 e. The standard InChI is InChI=1S/C11H14ClNO5S/c12-19(15,16)9-5-10(13-6-9)11(14)18-7-8-3-1-2-4-17-8/h5-6,8,13H,1-4,7H2. The Morgan fingerprint density at radius 1 is 1.53 bits per heavy atom. The van der Waals surface area contributed by atoms with Crippen LogP contribution in [-0.4, -0.2) is 38.7 Å². The number of carbonyl (C=O) groups is 1. The number of rotatable bonds is 4. The molecular weight excluding hydrogens is 294 g/mol. The molecule has 2 rings (SSSR count). The summed E-state index contributed by atoms with van der Waals surface area (Å²) in [6, 6.07) is 1.15. The van der Waals surface area contributed by atoms with Gasteiger partial charge in [-0.3, -0.25) is 0 Å². The molecule has 8 heteroatoms. The van der Waals surface area contributed by atoms with Crippen LogP contribution in [0.15, 0.2) is 17.2 Å². The lowest BCUT2D eigenvalue weighted by Gasteiger charge is -2.21. The Morgan fingerprint density at radius 2 is 2.32 bits per heavy atom. The van der Waals surface area contributed by atoms with Gasteiger partial charge >= 0.3 is 5.97 Å². The molecule has 1 unspecified atom stereocenters. The van der Waals surface area contributed by atoms with Crippen LogP contribution in [0, 0.1) is 0 Å². The van der Waals surface area contributed by atoms with Gasteiger partial charge in [-0.25, -0.2) is 13.2 Å². The van der Waals surface area contributed by atoms with E-state index in [1.165, 1.54) is 0 Å². The van der Waals surface area contributed by atoms with Gasteiger partial charge in [-0.15, -0.1) is 0 Å². The first-order chi connectivity index (χ1) is 8.97. The molecule has 0 saturated carbocycles. The van der Waals surface area contributed by atoms with Crippen molar-refractivity contribution in [1.29, 1.82) is 0 Å². The van der Waals surface area contributed by atoms with Crippen molar-refractivity contribution in [3.05, 3.63) is 18.0 Å². The van der Waals surface area contributed by atoms with E-state index in [1.54, 1.807) is 0 Å². The maximum atomic E-state index is 11.7. The Bertz CT molecular complexity index is 547. The summed E-state index contributed by atoms with van der Waals surface area (Å²) in [5.74, 6) is -0.624. The van der Waals surface area contributed by atoms with Crippen LogP contribution in [-0.2, 0) is 18.5 Å². The molecular formula is C11H14ClNO5S. The zero-order valence-electron chi connectivity index (χ0n) is 10.1. The fourth-order valence-corrected chi connectivity index (χ4v) is 2.54. The largest absolute Gasteiger partial charge is 0.458 e. The number of ether oxygens (including phenoxy) is 2. The summed E-state index contributed by atoms with van der Waals surface area (Å²) >= 11 is 0. The third-order valence-corrected chi connectivity index (χ3v) is 4.17. The first-order valence-corrected chi connectivity index (χ1v) is 8.19. The molecule has 2 heterocycles. The predicted molar refractivity (Wildman–Crippen MR) is 67.7 cm³/mol. The highest BCUT2D eigenvalue weighted by molar-refractivity contribution is 8.13. The maximum absolute atomic E-state index is 11.7. The van der Waals surface area contributed by atoms with E-state index in [0.717, 1.165) is 31.5 Å². The van der Waals surface area contributed by atoms with E-state index in [1.807, 2.05) is 0 Å². The summed E-state index contributed by atoms with van der Waals surface area (Å²) in [5.41, 5.74) is 0.0510. The van der Waals surface area contributed by atoms with E-state index in [0.29, 0.717) is 6.61 Å². The topological polar surface area (TPSA) is 85.5 Å². The van der Waals surface area contributed by atoms with Gasteiger partial charge in [-0.1, -0.05) is 0 Å². The number of hydrogen-bond donors (Lipinski definition) is 1. The molecule has 6 nitrogen and oxygen atoms in total. The average Bonchev–Trinajstić information content (AvgIpc) is 2.87. The number of halogens is 1. The van der Waals surface area contributed by atoms with Crippen molar-refractivity contribution in [2.45, 2.75) is 30.3 Å². The minimum Gasteiger partial charge on any atom is -0.458 e. The van der Waals surface area contributed by atoms with Gasteiger partial charge < -0.3 is 14.5 Å². The monoisotopic (exact) mass is 307 g/mol. The van der Waals surface area contributed by atoms with Crippen LogP contribution in [0.3, 0.4) is 0 Å². The molecule has 1 N–H and O–H groups in total. The fraction of sp³-hybridized carbons (Fsp3) is 0.545. The Labute approximate surface area is 115 Å². The summed E-state index contributed by atoms with van der Waals surface area (Å²) in [4.78, 5) is 14.0. The van der Waals surface area contributed by atoms with E-state index >= 15 is 0 Å². The lowest BCUT2D eigenvalue weighted by atomic mass is 10.1. The van der Waals surface area contributed by atoms with Crippen LogP contribution >= 0.6 is 10.7 Å². The second-order valence-electron chi connectivity index (χ2n) is 4.27. The lowest BCUT2D eigenvalue weighted by Crippen LogP contribution is -2.26. The number of aromatic nitrogens is 1. The number of nitrogens with one attached hydrogen (secondary N) is 1. The molecule has 1 aromatic rings. The minimum atomic E-state index is -3.84. The summed E-state index contributed by atoms with van der Waals surface area (Å²) in [7, 11) is 1.31. The number of aromatic amines is 1. The SMILES string of the molecule is O=C(OCC1CCCCO1)c1cc(S(=O)(=O)Cl)c[nH]1. The molecule has 0 bridgehead atoms. The van der Waals surface area contributed by atoms with Crippen LogP contribution in [0.5, 0.6) is 0 Å². The number of esters is 1. The molecule has 1 aliphatic heterocycles. The fourth-order valence-electron chi connectivity index (χ4n) is 1.82. The zero-order chi connectivity index (χ0) is 13.9. The molecule has 1 atom stereocenters. The second-order valence-corrected chi connectivity index (χ2v) is 6.84. The van der Waals surface area contributed by atoms with Crippen LogP contribution in [0.2, 0.25) is 0 Å². The lowest BCUT2D eigenvalue weighted by molar-refractivity contribution is -0.0302. The molecule has 0 aliphatic carbocycles. The Kier molecular flexibility index (Phi) is 4.49. The van der Waals surface area contributed by atoms with Crippen LogP contribution in [0.1, 0.15) is 29.8 Å². The summed E-state index contributed by atoms with van der Waals surface area (Å²) < 4.78 is 32.6. The molecule has 1 saturated heterocycles. The van der Waals surface area contributed by atoms with E-state index in [2.05, 4.69) is 4.98 Å². The quantitative estimate of drug-likeness (QED) is 0.675. The number of carbonyl (C=O) groups excluding carboxylic acids is 1. The Hall–Kier alpha value is -1.05. The smallest absolute Gasteiger partial charge is 0.354 e. The van der Waals surface area contributed by atoms with Gasteiger partial charge in [0, 0.05) is 23.5 Å². The first-order valence-electron chi connectivity index (χ1n) is 5.88. The second kappa shape index (κ2) is 5.94. The van der Waals surface area contributed by atoms with Gasteiger partial charge in [0.25, 0.3) is 9.05 Å². The highest BCUT2D eigenvalue weighted by atomic mass is 35.7. The van der Waals surface area contributed by atoms with Gasteiger partial charge in [0.1, 0.15) is 17.2 Å². The number of hydrogen-bond acceptors (Lipinski definition) is 5. The van der Waals surface area contributed by atoms with Crippen LogP contribution in [0.25, 0.3) is 0 Å². The van der Waals surface area contributed by atoms with Crippen molar-refractivity contribution in [3.63, 3.8) is 0 Å². The third kappa shape index (κ3) is 3.95. The highest BCUT2D eigenvalue weighted by Crippen LogP contribution is 2.17. The van der Waals surface area contributed by atoms with Crippen molar-refractivity contribution >= 4 is 25.7 Å². The van der Waals surface area contributed by atoms with Crippen molar-refractivity contribution < 1.29 is 22.7 Å². The van der Waals surface area contributed by atoms with Crippen LogP contribution in [0.4, 0.5) is 0 Å². The molecule has 1 aliphatic rings. The minimum absolute atomic E-state index is 0.0510. The van der Waals surface area contributed by atoms with Gasteiger partial charge in [0.05, 0.1) is 6.10 Å². The van der Waals surface area contributed by atoms with Gasteiger partial charge in [0.15, 0.2) is 0 Å². The first kappa shape index (κ1) is 14.4. The van der Waals surface area contributed by atoms with Gasteiger partial charge in [-0.05, 0) is 25.3 Å². The summed E-state index contributed by atoms with van der Waals surface area (Å²) in [6.45, 7) is 0.847. The molecule has 19 heavy (non-hydrogen) atoms. The third-order valence-electron chi connectivity index (χ3n) is 2.83. The molecule has 106 valence electrons. The van der Waals surface area contributed by atoms with Gasteiger partial charge in [0.2, 0.25) is 0 Å². The van der Waals surface area contributed by atoms with E-state index < -0.39 is 15.0 Å². The molecule has 1 fully saturated rings. The van der Waals surface area contributed by atoms with E-state index in [-0.39, 0.29) is 23.3 Å². The van der Waals surface area contributed by atoms with Crippen LogP contribution < -0.4 is 0 Å². The molecule has 0 aromatic carbocycles. The zero-order valence-corrected chi connectivity index (χ0v) is 11.7. The summed E-state index contributed by atoms with van der Waals surface area (Å²) in [6.07, 6.45) is 4.01. The number of H-pyrrole nitrogens is 1. The van der Waals surface area contributed by atoms with Crippen molar-refractivity contribution in [2.75, 3.05) is 13.2 Å². The molecule has 0 spiro atoms. The Morgan fingerprint density at radius 3 is 2.89 bits per heavy atom. The normalized spacial score (nSPS) is 20.2. The van der Waals surface area contributed by atoms with Crippen molar-refractivity contribution in [3.8, 4) is 0 Å². The predicted octanol–water partition coefficient (Wildman–Crippen LogP) is 1.67. The van der Waals surface area contributed by atoms with E-state index in [4.69, 9.17) is 20.2 Å².